The van der Waals surface area contributed by atoms with Gasteiger partial charge in [0.25, 0.3) is 0 Å². The molecular formula is C16H19NO. The maximum Gasteiger partial charge on any atom is 0.131 e. The lowest BCUT2D eigenvalue weighted by Crippen LogP contribution is -2.33. The Kier molecular flexibility index (Phi) is 2.96. The third-order valence-corrected chi connectivity index (χ3v) is 3.73. The fourth-order valence-corrected chi connectivity index (χ4v) is 2.81. The summed E-state index contributed by atoms with van der Waals surface area (Å²) in [6.07, 6.45) is 0. The molecular weight excluding hydrogens is 222 g/mol. The van der Waals surface area contributed by atoms with Gasteiger partial charge in [0.15, 0.2) is 0 Å². The van der Waals surface area contributed by atoms with Crippen molar-refractivity contribution in [2.75, 3.05) is 13.2 Å². The smallest absolute Gasteiger partial charge is 0.131 e. The van der Waals surface area contributed by atoms with Crippen LogP contribution in [0.25, 0.3) is 10.8 Å². The Morgan fingerprint density at radius 1 is 1.22 bits per heavy atom. The van der Waals surface area contributed by atoms with Crippen molar-refractivity contribution in [2.45, 2.75) is 19.9 Å². The van der Waals surface area contributed by atoms with Gasteiger partial charge in [-0.05, 0) is 11.9 Å². The Labute approximate surface area is 108 Å². The molecule has 2 aromatic carbocycles. The van der Waals surface area contributed by atoms with Crippen LogP contribution in [0, 0.1) is 5.92 Å². The molecule has 0 amide bonds. The van der Waals surface area contributed by atoms with Crippen molar-refractivity contribution in [1.82, 2.24) is 5.32 Å². The second-order valence-electron chi connectivity index (χ2n) is 5.03. The molecule has 1 heterocycles. The summed E-state index contributed by atoms with van der Waals surface area (Å²) in [4.78, 5) is 0. The van der Waals surface area contributed by atoms with Gasteiger partial charge in [0.2, 0.25) is 0 Å². The summed E-state index contributed by atoms with van der Waals surface area (Å²) in [7, 11) is 0. The molecule has 2 heteroatoms. The molecule has 1 aliphatic heterocycles. The number of hydrogen-bond donors (Lipinski definition) is 1. The third kappa shape index (κ3) is 1.77. The molecule has 0 aromatic heterocycles. The summed E-state index contributed by atoms with van der Waals surface area (Å²) in [6, 6.07) is 13.2. The van der Waals surface area contributed by atoms with E-state index in [0.29, 0.717) is 12.0 Å². The zero-order valence-corrected chi connectivity index (χ0v) is 10.9. The van der Waals surface area contributed by atoms with Gasteiger partial charge in [0, 0.05) is 22.9 Å². The minimum Gasteiger partial charge on any atom is -0.492 e. The van der Waals surface area contributed by atoms with Crippen LogP contribution >= 0.6 is 0 Å². The van der Waals surface area contributed by atoms with Gasteiger partial charge in [-0.15, -0.1) is 0 Å². The largest absolute Gasteiger partial charge is 0.492 e. The second-order valence-corrected chi connectivity index (χ2v) is 5.03. The highest BCUT2D eigenvalue weighted by atomic mass is 16.5. The van der Waals surface area contributed by atoms with Gasteiger partial charge in [0.1, 0.15) is 5.75 Å². The number of rotatable bonds is 2. The summed E-state index contributed by atoms with van der Waals surface area (Å²) in [5.41, 5.74) is 1.30. The van der Waals surface area contributed by atoms with Crippen LogP contribution in [0.1, 0.15) is 25.5 Å². The molecule has 0 bridgehead atoms. The van der Waals surface area contributed by atoms with Crippen molar-refractivity contribution < 1.29 is 4.74 Å². The minimum atomic E-state index is 0.406. The molecule has 2 nitrogen and oxygen atoms in total. The van der Waals surface area contributed by atoms with E-state index < -0.39 is 0 Å². The zero-order chi connectivity index (χ0) is 12.5. The average molecular weight is 241 g/mol. The highest BCUT2D eigenvalue weighted by molar-refractivity contribution is 5.90. The van der Waals surface area contributed by atoms with E-state index >= 15 is 0 Å². The van der Waals surface area contributed by atoms with Gasteiger partial charge in [-0.25, -0.2) is 0 Å². The van der Waals surface area contributed by atoms with E-state index in [0.717, 1.165) is 18.9 Å². The SMILES string of the molecule is CCNC1c2ccc3ccccc3c2OCC1C. The maximum atomic E-state index is 5.99. The van der Waals surface area contributed by atoms with Crippen LogP contribution in [0.15, 0.2) is 36.4 Å². The molecule has 1 aliphatic rings. The van der Waals surface area contributed by atoms with Crippen molar-refractivity contribution in [1.29, 1.82) is 0 Å². The highest BCUT2D eigenvalue weighted by Gasteiger charge is 2.28. The summed E-state index contributed by atoms with van der Waals surface area (Å²) >= 11 is 0. The van der Waals surface area contributed by atoms with Crippen molar-refractivity contribution in [3.63, 3.8) is 0 Å². The monoisotopic (exact) mass is 241 g/mol. The van der Waals surface area contributed by atoms with E-state index in [9.17, 15) is 0 Å². The lowest BCUT2D eigenvalue weighted by Gasteiger charge is -2.32. The van der Waals surface area contributed by atoms with Crippen molar-refractivity contribution in [3.05, 3.63) is 42.0 Å². The summed E-state index contributed by atoms with van der Waals surface area (Å²) in [5.74, 6) is 1.58. The Bertz CT molecular complexity index is 564. The van der Waals surface area contributed by atoms with Gasteiger partial charge in [-0.1, -0.05) is 50.2 Å². The van der Waals surface area contributed by atoms with Gasteiger partial charge in [-0.3, -0.25) is 0 Å². The molecule has 18 heavy (non-hydrogen) atoms. The molecule has 0 aliphatic carbocycles. The quantitative estimate of drug-likeness (QED) is 0.868. The molecule has 2 atom stereocenters. The molecule has 2 aromatic rings. The van der Waals surface area contributed by atoms with E-state index in [1.165, 1.54) is 16.3 Å². The van der Waals surface area contributed by atoms with Crippen LogP contribution in [0.5, 0.6) is 5.75 Å². The summed E-state index contributed by atoms with van der Waals surface area (Å²) in [5, 5.41) is 6.05. The van der Waals surface area contributed by atoms with Crippen LogP contribution in [-0.4, -0.2) is 13.2 Å². The predicted molar refractivity (Wildman–Crippen MR) is 75.0 cm³/mol. The first-order chi connectivity index (χ1) is 8.81. The number of benzene rings is 2. The van der Waals surface area contributed by atoms with E-state index in [2.05, 4.69) is 55.6 Å². The maximum absolute atomic E-state index is 5.99. The van der Waals surface area contributed by atoms with E-state index in [1.54, 1.807) is 0 Å². The average Bonchev–Trinajstić information content (AvgIpc) is 2.41. The Balaban J connectivity index is 2.16. The molecule has 0 fully saturated rings. The highest BCUT2D eigenvalue weighted by Crippen LogP contribution is 2.40. The number of ether oxygens (including phenoxy) is 1. The van der Waals surface area contributed by atoms with E-state index in [4.69, 9.17) is 4.74 Å². The standard InChI is InChI=1S/C16H19NO/c1-3-17-15-11(2)10-18-16-13-7-5-4-6-12(13)8-9-14(15)16/h4-9,11,15,17H,3,10H2,1-2H3. The van der Waals surface area contributed by atoms with E-state index in [1.807, 2.05) is 0 Å². The molecule has 2 unspecified atom stereocenters. The Hall–Kier alpha value is -1.54. The topological polar surface area (TPSA) is 21.3 Å². The lowest BCUT2D eigenvalue weighted by atomic mass is 9.90. The first-order valence-corrected chi connectivity index (χ1v) is 6.69. The van der Waals surface area contributed by atoms with Crippen LogP contribution in [0.4, 0.5) is 0 Å². The molecule has 0 saturated carbocycles. The molecule has 94 valence electrons. The normalized spacial score (nSPS) is 22.6. The number of nitrogens with one attached hydrogen (secondary N) is 1. The van der Waals surface area contributed by atoms with Crippen molar-refractivity contribution in [2.24, 2.45) is 5.92 Å². The minimum absolute atomic E-state index is 0.406. The lowest BCUT2D eigenvalue weighted by molar-refractivity contribution is 0.192. The van der Waals surface area contributed by atoms with Crippen molar-refractivity contribution in [3.8, 4) is 5.75 Å². The zero-order valence-electron chi connectivity index (χ0n) is 10.9. The van der Waals surface area contributed by atoms with Gasteiger partial charge < -0.3 is 10.1 Å². The van der Waals surface area contributed by atoms with Crippen LogP contribution < -0.4 is 10.1 Å². The van der Waals surface area contributed by atoms with Crippen LogP contribution in [0.2, 0.25) is 0 Å². The fourth-order valence-electron chi connectivity index (χ4n) is 2.81. The number of hydrogen-bond acceptors (Lipinski definition) is 2. The first-order valence-electron chi connectivity index (χ1n) is 6.69. The molecule has 1 N–H and O–H groups in total. The van der Waals surface area contributed by atoms with Crippen LogP contribution in [-0.2, 0) is 0 Å². The fraction of sp³-hybridized carbons (Fsp3) is 0.375. The van der Waals surface area contributed by atoms with Gasteiger partial charge in [0.05, 0.1) is 6.61 Å². The Morgan fingerprint density at radius 3 is 2.89 bits per heavy atom. The Morgan fingerprint density at radius 2 is 2.06 bits per heavy atom. The molecule has 0 saturated heterocycles. The molecule has 3 rings (SSSR count). The van der Waals surface area contributed by atoms with Gasteiger partial charge >= 0.3 is 0 Å². The van der Waals surface area contributed by atoms with Crippen LogP contribution in [0.3, 0.4) is 0 Å². The van der Waals surface area contributed by atoms with Gasteiger partial charge in [-0.2, -0.15) is 0 Å². The predicted octanol–water partition coefficient (Wildman–Crippen LogP) is 3.52. The van der Waals surface area contributed by atoms with E-state index in [-0.39, 0.29) is 0 Å². The number of fused-ring (bicyclic) bond motifs is 3. The molecule has 0 spiro atoms. The summed E-state index contributed by atoms with van der Waals surface area (Å²) < 4.78 is 5.99. The molecule has 0 radical (unpaired) electrons. The first kappa shape index (κ1) is 11.5. The third-order valence-electron chi connectivity index (χ3n) is 3.73. The van der Waals surface area contributed by atoms with Crippen molar-refractivity contribution >= 4 is 10.8 Å². The second kappa shape index (κ2) is 4.62. The summed E-state index contributed by atoms with van der Waals surface area (Å²) in [6.45, 7) is 6.17.